The molecule has 1 unspecified atom stereocenters. The average molecular weight is 237 g/mol. The van der Waals surface area contributed by atoms with Crippen molar-refractivity contribution in [1.29, 1.82) is 0 Å². The highest BCUT2D eigenvalue weighted by Crippen LogP contribution is 2.27. The second-order valence-electron chi connectivity index (χ2n) is 3.72. The lowest BCUT2D eigenvalue weighted by Crippen LogP contribution is -2.22. The molecule has 1 saturated heterocycles. The van der Waals surface area contributed by atoms with Crippen molar-refractivity contribution in [3.8, 4) is 5.75 Å². The zero-order valence-corrected chi connectivity index (χ0v) is 10.0. The number of amides is 1. The van der Waals surface area contributed by atoms with Crippen LogP contribution in [-0.4, -0.2) is 24.0 Å². The molecule has 1 fully saturated rings. The molecule has 0 spiro atoms. The van der Waals surface area contributed by atoms with E-state index in [2.05, 4.69) is 5.32 Å². The van der Waals surface area contributed by atoms with Crippen LogP contribution in [0.5, 0.6) is 5.75 Å². The van der Waals surface area contributed by atoms with E-state index < -0.39 is 0 Å². The van der Waals surface area contributed by atoms with E-state index in [4.69, 9.17) is 4.74 Å². The van der Waals surface area contributed by atoms with Gasteiger partial charge in [-0.1, -0.05) is 6.07 Å². The zero-order chi connectivity index (χ0) is 11.4. The molecule has 0 saturated carbocycles. The largest absolute Gasteiger partial charge is 0.497 e. The summed E-state index contributed by atoms with van der Waals surface area (Å²) >= 11 is 1.74. The van der Waals surface area contributed by atoms with Gasteiger partial charge in [-0.15, -0.1) is 11.8 Å². The minimum Gasteiger partial charge on any atom is -0.497 e. The SMILES string of the molecule is COc1cccc(NC(=O)C2CCCS2)c1. The van der Waals surface area contributed by atoms with Crippen LogP contribution in [0, 0.1) is 0 Å². The Morgan fingerprint density at radius 1 is 1.56 bits per heavy atom. The van der Waals surface area contributed by atoms with Gasteiger partial charge in [-0.25, -0.2) is 0 Å². The van der Waals surface area contributed by atoms with Crippen LogP contribution in [0.4, 0.5) is 5.69 Å². The third-order valence-electron chi connectivity index (χ3n) is 2.56. The zero-order valence-electron chi connectivity index (χ0n) is 9.23. The fraction of sp³-hybridized carbons (Fsp3) is 0.417. The van der Waals surface area contributed by atoms with Crippen LogP contribution in [0.1, 0.15) is 12.8 Å². The summed E-state index contributed by atoms with van der Waals surface area (Å²) < 4.78 is 5.11. The highest BCUT2D eigenvalue weighted by Gasteiger charge is 2.23. The fourth-order valence-corrected chi connectivity index (χ4v) is 2.87. The molecule has 0 bridgehead atoms. The summed E-state index contributed by atoms with van der Waals surface area (Å²) in [6.07, 6.45) is 2.13. The van der Waals surface area contributed by atoms with Crippen molar-refractivity contribution in [2.75, 3.05) is 18.2 Å². The Hall–Kier alpha value is -1.16. The minimum absolute atomic E-state index is 0.107. The van der Waals surface area contributed by atoms with Gasteiger partial charge in [0.2, 0.25) is 5.91 Å². The number of hydrogen-bond donors (Lipinski definition) is 1. The van der Waals surface area contributed by atoms with Gasteiger partial charge in [-0.3, -0.25) is 4.79 Å². The Kier molecular flexibility index (Phi) is 3.72. The number of anilines is 1. The number of carbonyl (C=O) groups excluding carboxylic acids is 1. The molecule has 1 heterocycles. The van der Waals surface area contributed by atoms with Crippen molar-refractivity contribution in [3.63, 3.8) is 0 Å². The van der Waals surface area contributed by atoms with E-state index in [9.17, 15) is 4.79 Å². The fourth-order valence-electron chi connectivity index (χ4n) is 1.71. The molecule has 1 aliphatic rings. The molecule has 2 rings (SSSR count). The van der Waals surface area contributed by atoms with Crippen molar-refractivity contribution < 1.29 is 9.53 Å². The van der Waals surface area contributed by atoms with Gasteiger partial charge in [-0.2, -0.15) is 0 Å². The summed E-state index contributed by atoms with van der Waals surface area (Å²) in [5, 5.41) is 3.04. The first-order valence-corrected chi connectivity index (χ1v) is 6.41. The van der Waals surface area contributed by atoms with Gasteiger partial charge < -0.3 is 10.1 Å². The third kappa shape index (κ3) is 2.70. The average Bonchev–Trinajstić information content (AvgIpc) is 2.83. The first-order chi connectivity index (χ1) is 7.79. The van der Waals surface area contributed by atoms with E-state index in [-0.39, 0.29) is 11.2 Å². The monoisotopic (exact) mass is 237 g/mol. The highest BCUT2D eigenvalue weighted by atomic mass is 32.2. The topological polar surface area (TPSA) is 38.3 Å². The lowest BCUT2D eigenvalue weighted by atomic mass is 10.2. The number of benzene rings is 1. The van der Waals surface area contributed by atoms with E-state index in [0.29, 0.717) is 0 Å². The van der Waals surface area contributed by atoms with Crippen LogP contribution >= 0.6 is 11.8 Å². The van der Waals surface area contributed by atoms with E-state index in [1.165, 1.54) is 0 Å². The van der Waals surface area contributed by atoms with Crippen LogP contribution < -0.4 is 10.1 Å². The molecule has 3 nitrogen and oxygen atoms in total. The maximum Gasteiger partial charge on any atom is 0.237 e. The second-order valence-corrected chi connectivity index (χ2v) is 5.03. The Balaban J connectivity index is 1.99. The summed E-state index contributed by atoms with van der Waals surface area (Å²) in [6.45, 7) is 0. The molecular formula is C12H15NO2S. The van der Waals surface area contributed by atoms with Crippen LogP contribution in [0.25, 0.3) is 0 Å². The number of carbonyl (C=O) groups is 1. The van der Waals surface area contributed by atoms with Gasteiger partial charge in [0.05, 0.1) is 12.4 Å². The smallest absolute Gasteiger partial charge is 0.237 e. The molecule has 0 radical (unpaired) electrons. The second kappa shape index (κ2) is 5.25. The minimum atomic E-state index is 0.107. The lowest BCUT2D eigenvalue weighted by molar-refractivity contribution is -0.115. The molecule has 1 N–H and O–H groups in total. The van der Waals surface area contributed by atoms with Gasteiger partial charge >= 0.3 is 0 Å². The van der Waals surface area contributed by atoms with Crippen LogP contribution in [0.3, 0.4) is 0 Å². The van der Waals surface area contributed by atoms with E-state index in [1.54, 1.807) is 18.9 Å². The molecule has 1 amide bonds. The molecule has 16 heavy (non-hydrogen) atoms. The highest BCUT2D eigenvalue weighted by molar-refractivity contribution is 8.00. The molecule has 4 heteroatoms. The van der Waals surface area contributed by atoms with Crippen molar-refractivity contribution >= 4 is 23.4 Å². The Labute approximate surface area is 99.6 Å². The predicted octanol–water partition coefficient (Wildman–Crippen LogP) is 2.53. The number of methoxy groups -OCH3 is 1. The maximum atomic E-state index is 11.8. The van der Waals surface area contributed by atoms with Crippen molar-refractivity contribution in [1.82, 2.24) is 0 Å². The van der Waals surface area contributed by atoms with Gasteiger partial charge in [-0.05, 0) is 30.7 Å². The van der Waals surface area contributed by atoms with E-state index in [0.717, 1.165) is 30.0 Å². The van der Waals surface area contributed by atoms with Crippen molar-refractivity contribution in [3.05, 3.63) is 24.3 Å². The molecule has 86 valence electrons. The molecule has 0 aromatic heterocycles. The van der Waals surface area contributed by atoms with E-state index >= 15 is 0 Å². The Morgan fingerprint density at radius 3 is 3.12 bits per heavy atom. The number of thioether (sulfide) groups is 1. The van der Waals surface area contributed by atoms with Crippen molar-refractivity contribution in [2.45, 2.75) is 18.1 Å². The number of ether oxygens (including phenoxy) is 1. The maximum absolute atomic E-state index is 11.8. The number of nitrogens with one attached hydrogen (secondary N) is 1. The third-order valence-corrected chi connectivity index (χ3v) is 3.94. The molecular weight excluding hydrogens is 222 g/mol. The summed E-state index contributed by atoms with van der Waals surface area (Å²) in [7, 11) is 1.62. The lowest BCUT2D eigenvalue weighted by Gasteiger charge is -2.10. The molecule has 1 aromatic rings. The summed E-state index contributed by atoms with van der Waals surface area (Å²) in [5.41, 5.74) is 0.803. The van der Waals surface area contributed by atoms with E-state index in [1.807, 2.05) is 24.3 Å². The molecule has 1 atom stereocenters. The normalized spacial score (nSPS) is 19.4. The summed E-state index contributed by atoms with van der Waals surface area (Å²) in [6, 6.07) is 7.44. The first kappa shape index (κ1) is 11.3. The summed E-state index contributed by atoms with van der Waals surface area (Å²) in [5.74, 6) is 1.96. The van der Waals surface area contributed by atoms with Crippen LogP contribution in [-0.2, 0) is 4.79 Å². The molecule has 1 aliphatic heterocycles. The molecule has 0 aliphatic carbocycles. The van der Waals surface area contributed by atoms with Crippen LogP contribution in [0.2, 0.25) is 0 Å². The van der Waals surface area contributed by atoms with Gasteiger partial charge in [0.15, 0.2) is 0 Å². The number of rotatable bonds is 3. The van der Waals surface area contributed by atoms with Gasteiger partial charge in [0.25, 0.3) is 0 Å². The Morgan fingerprint density at radius 2 is 2.44 bits per heavy atom. The first-order valence-electron chi connectivity index (χ1n) is 5.36. The number of hydrogen-bond acceptors (Lipinski definition) is 3. The van der Waals surface area contributed by atoms with Gasteiger partial charge in [0.1, 0.15) is 5.75 Å². The molecule has 1 aromatic carbocycles. The standard InChI is InChI=1S/C12H15NO2S/c1-15-10-5-2-4-9(8-10)13-12(14)11-6-3-7-16-11/h2,4-5,8,11H,3,6-7H2,1H3,(H,13,14). The quantitative estimate of drug-likeness (QED) is 0.878. The Bertz CT molecular complexity index is 375. The summed E-state index contributed by atoms with van der Waals surface area (Å²) in [4.78, 5) is 11.8. The van der Waals surface area contributed by atoms with Crippen LogP contribution in [0.15, 0.2) is 24.3 Å². The van der Waals surface area contributed by atoms with Gasteiger partial charge in [0, 0.05) is 11.8 Å². The van der Waals surface area contributed by atoms with Crippen molar-refractivity contribution in [2.24, 2.45) is 0 Å². The predicted molar refractivity (Wildman–Crippen MR) is 67.1 cm³/mol.